The lowest BCUT2D eigenvalue weighted by atomic mass is 10.2. The molecule has 0 bridgehead atoms. The Kier molecular flexibility index (Phi) is 3.96. The molecule has 0 atom stereocenters. The fourth-order valence-corrected chi connectivity index (χ4v) is 1.85. The summed E-state index contributed by atoms with van der Waals surface area (Å²) in [5.41, 5.74) is 2.19. The standard InChI is InChI=1S/C15H12N6O2/c1-2-9-3-5-11(16-7-9)13-18-20-14(21-19-13)12-6-4-10(8-17-12)15(22)23/h3-8H,2H2,1H3,(H,22,23). The second-order valence-electron chi connectivity index (χ2n) is 4.69. The zero-order valence-corrected chi connectivity index (χ0v) is 12.2. The van der Waals surface area contributed by atoms with E-state index in [0.29, 0.717) is 17.2 Å². The smallest absolute Gasteiger partial charge is 0.337 e. The Morgan fingerprint density at radius 3 is 1.87 bits per heavy atom. The summed E-state index contributed by atoms with van der Waals surface area (Å²) in [4.78, 5) is 19.1. The zero-order valence-electron chi connectivity index (χ0n) is 12.2. The third-order valence-corrected chi connectivity index (χ3v) is 3.18. The van der Waals surface area contributed by atoms with Crippen molar-refractivity contribution in [2.75, 3.05) is 0 Å². The molecule has 3 heterocycles. The number of nitrogens with zero attached hydrogens (tertiary/aromatic N) is 6. The number of aromatic carboxylic acids is 1. The fourth-order valence-electron chi connectivity index (χ4n) is 1.85. The van der Waals surface area contributed by atoms with Crippen LogP contribution in [0.2, 0.25) is 0 Å². The van der Waals surface area contributed by atoms with Crippen molar-refractivity contribution in [3.05, 3.63) is 47.8 Å². The average molecular weight is 308 g/mol. The molecule has 8 nitrogen and oxygen atoms in total. The summed E-state index contributed by atoms with van der Waals surface area (Å²) in [5.74, 6) is -0.507. The van der Waals surface area contributed by atoms with E-state index in [4.69, 9.17) is 5.11 Å². The number of hydrogen-bond acceptors (Lipinski definition) is 7. The van der Waals surface area contributed by atoms with Gasteiger partial charge in [-0.3, -0.25) is 9.97 Å². The van der Waals surface area contributed by atoms with E-state index in [1.807, 2.05) is 19.1 Å². The van der Waals surface area contributed by atoms with Gasteiger partial charge in [0.25, 0.3) is 0 Å². The molecular weight excluding hydrogens is 296 g/mol. The van der Waals surface area contributed by atoms with Gasteiger partial charge in [-0.25, -0.2) is 4.79 Å². The molecule has 0 aliphatic rings. The van der Waals surface area contributed by atoms with Gasteiger partial charge in [0.2, 0.25) is 11.6 Å². The molecule has 0 spiro atoms. The Morgan fingerprint density at radius 2 is 1.48 bits per heavy atom. The van der Waals surface area contributed by atoms with Crippen molar-refractivity contribution in [1.29, 1.82) is 0 Å². The third-order valence-electron chi connectivity index (χ3n) is 3.18. The second kappa shape index (κ2) is 6.22. The summed E-state index contributed by atoms with van der Waals surface area (Å²) in [5, 5.41) is 24.8. The first kappa shape index (κ1) is 14.6. The Morgan fingerprint density at radius 1 is 0.913 bits per heavy atom. The zero-order chi connectivity index (χ0) is 16.2. The minimum atomic E-state index is -1.04. The first-order valence-electron chi connectivity index (χ1n) is 6.90. The van der Waals surface area contributed by atoms with Crippen LogP contribution in [0.4, 0.5) is 0 Å². The molecule has 0 saturated heterocycles. The fraction of sp³-hybridized carbons (Fsp3) is 0.133. The van der Waals surface area contributed by atoms with Crippen molar-refractivity contribution < 1.29 is 9.90 Å². The summed E-state index contributed by atoms with van der Waals surface area (Å²) in [6.07, 6.45) is 3.90. The molecule has 3 aromatic heterocycles. The van der Waals surface area contributed by atoms with Gasteiger partial charge in [0.05, 0.1) is 5.56 Å². The van der Waals surface area contributed by atoms with Crippen molar-refractivity contribution in [3.63, 3.8) is 0 Å². The summed E-state index contributed by atoms with van der Waals surface area (Å²) < 4.78 is 0. The van der Waals surface area contributed by atoms with Crippen LogP contribution in [0.5, 0.6) is 0 Å². The molecule has 1 N–H and O–H groups in total. The Balaban J connectivity index is 1.84. The first-order valence-corrected chi connectivity index (χ1v) is 6.90. The van der Waals surface area contributed by atoms with Crippen LogP contribution < -0.4 is 0 Å². The largest absolute Gasteiger partial charge is 0.478 e. The van der Waals surface area contributed by atoms with Gasteiger partial charge in [-0.1, -0.05) is 13.0 Å². The van der Waals surface area contributed by atoms with E-state index in [1.54, 1.807) is 6.20 Å². The van der Waals surface area contributed by atoms with Crippen molar-refractivity contribution in [2.24, 2.45) is 0 Å². The van der Waals surface area contributed by atoms with Crippen molar-refractivity contribution in [2.45, 2.75) is 13.3 Å². The summed E-state index contributed by atoms with van der Waals surface area (Å²) in [6.45, 7) is 2.05. The molecule has 114 valence electrons. The summed E-state index contributed by atoms with van der Waals surface area (Å²) in [7, 11) is 0. The van der Waals surface area contributed by atoms with Crippen molar-refractivity contribution in [3.8, 4) is 23.0 Å². The molecule has 0 unspecified atom stereocenters. The van der Waals surface area contributed by atoms with Gasteiger partial charge in [0, 0.05) is 12.4 Å². The van der Waals surface area contributed by atoms with Gasteiger partial charge in [0.1, 0.15) is 11.4 Å². The molecule has 0 radical (unpaired) electrons. The molecule has 3 aromatic rings. The number of aromatic nitrogens is 6. The molecule has 0 saturated carbocycles. The predicted molar refractivity (Wildman–Crippen MR) is 80.4 cm³/mol. The van der Waals surface area contributed by atoms with Gasteiger partial charge in [-0.2, -0.15) is 0 Å². The second-order valence-corrected chi connectivity index (χ2v) is 4.69. The number of carboxylic acids is 1. The molecule has 3 rings (SSSR count). The lowest BCUT2D eigenvalue weighted by molar-refractivity contribution is 0.0696. The van der Waals surface area contributed by atoms with E-state index in [9.17, 15) is 4.79 Å². The minimum absolute atomic E-state index is 0.0894. The van der Waals surface area contributed by atoms with Crippen LogP contribution >= 0.6 is 0 Å². The van der Waals surface area contributed by atoms with Crippen LogP contribution in [0.25, 0.3) is 23.0 Å². The van der Waals surface area contributed by atoms with Crippen LogP contribution in [-0.4, -0.2) is 41.4 Å². The van der Waals surface area contributed by atoms with Crippen molar-refractivity contribution in [1.82, 2.24) is 30.4 Å². The minimum Gasteiger partial charge on any atom is -0.478 e. The normalized spacial score (nSPS) is 10.5. The van der Waals surface area contributed by atoms with E-state index in [1.165, 1.54) is 18.3 Å². The maximum absolute atomic E-state index is 10.8. The van der Waals surface area contributed by atoms with E-state index in [-0.39, 0.29) is 11.4 Å². The van der Waals surface area contributed by atoms with Gasteiger partial charge < -0.3 is 5.11 Å². The van der Waals surface area contributed by atoms with Crippen LogP contribution in [0.15, 0.2) is 36.7 Å². The first-order chi connectivity index (χ1) is 11.2. The maximum atomic E-state index is 10.8. The molecule has 0 aliphatic carbocycles. The summed E-state index contributed by atoms with van der Waals surface area (Å²) >= 11 is 0. The van der Waals surface area contributed by atoms with Gasteiger partial charge in [-0.05, 0) is 30.2 Å². The molecule has 0 fully saturated rings. The monoisotopic (exact) mass is 308 g/mol. The van der Waals surface area contributed by atoms with Crippen molar-refractivity contribution >= 4 is 5.97 Å². The van der Waals surface area contributed by atoms with Gasteiger partial charge >= 0.3 is 5.97 Å². The van der Waals surface area contributed by atoms with E-state index in [0.717, 1.165) is 12.0 Å². The van der Waals surface area contributed by atoms with Gasteiger partial charge in [0.15, 0.2) is 0 Å². The SMILES string of the molecule is CCc1ccc(-c2nnc(-c3ccc(C(=O)O)cn3)nn2)nc1. The number of carboxylic acid groups (broad SMARTS) is 1. The lowest BCUT2D eigenvalue weighted by Crippen LogP contribution is -2.02. The molecule has 0 aromatic carbocycles. The molecule has 8 heteroatoms. The number of hydrogen-bond donors (Lipinski definition) is 1. The Labute approximate surface area is 131 Å². The van der Waals surface area contributed by atoms with Crippen LogP contribution in [0.3, 0.4) is 0 Å². The van der Waals surface area contributed by atoms with Crippen LogP contribution in [-0.2, 0) is 6.42 Å². The quantitative estimate of drug-likeness (QED) is 0.773. The molecule has 0 aliphatic heterocycles. The Hall–Kier alpha value is -3.29. The van der Waals surface area contributed by atoms with E-state index >= 15 is 0 Å². The van der Waals surface area contributed by atoms with E-state index in [2.05, 4.69) is 30.4 Å². The number of rotatable bonds is 4. The summed E-state index contributed by atoms with van der Waals surface area (Å²) in [6, 6.07) is 6.70. The maximum Gasteiger partial charge on any atom is 0.337 e. The highest BCUT2D eigenvalue weighted by Crippen LogP contribution is 2.14. The highest BCUT2D eigenvalue weighted by Gasteiger charge is 2.10. The number of pyridine rings is 2. The third kappa shape index (κ3) is 3.15. The predicted octanol–water partition coefficient (Wildman–Crippen LogP) is 1.65. The van der Waals surface area contributed by atoms with Crippen LogP contribution in [0.1, 0.15) is 22.8 Å². The van der Waals surface area contributed by atoms with Gasteiger partial charge in [-0.15, -0.1) is 20.4 Å². The Bertz CT molecular complexity index is 816. The molecule has 23 heavy (non-hydrogen) atoms. The lowest BCUT2D eigenvalue weighted by Gasteiger charge is -2.01. The van der Waals surface area contributed by atoms with Crippen LogP contribution in [0, 0.1) is 0 Å². The number of carbonyl (C=O) groups is 1. The number of aryl methyl sites for hydroxylation is 1. The average Bonchev–Trinajstić information content (AvgIpc) is 2.62. The highest BCUT2D eigenvalue weighted by molar-refractivity contribution is 5.87. The molecule has 0 amide bonds. The topological polar surface area (TPSA) is 115 Å². The molecular formula is C15H12N6O2. The highest BCUT2D eigenvalue weighted by atomic mass is 16.4. The van der Waals surface area contributed by atoms with E-state index < -0.39 is 5.97 Å².